The molecule has 0 bridgehead atoms. The normalized spacial score (nSPS) is 15.9. The van der Waals surface area contributed by atoms with Gasteiger partial charge in [0.1, 0.15) is 0 Å². The maximum atomic E-state index is 12.8. The van der Waals surface area contributed by atoms with Crippen LogP contribution >= 0.6 is 0 Å². The lowest BCUT2D eigenvalue weighted by atomic mass is 10.0. The molecule has 0 aliphatic carbocycles. The highest BCUT2D eigenvalue weighted by Gasteiger charge is 2.24. The first-order chi connectivity index (χ1) is 14.5. The van der Waals surface area contributed by atoms with Crippen molar-refractivity contribution in [3.05, 3.63) is 53.1 Å². The lowest BCUT2D eigenvalue weighted by Crippen LogP contribution is -2.30. The molecule has 1 heterocycles. The summed E-state index contributed by atoms with van der Waals surface area (Å²) in [6, 6.07) is 11.2. The molecule has 1 unspecified atom stereocenters. The third-order valence-corrected chi connectivity index (χ3v) is 5.10. The average molecular weight is 412 g/mol. The van der Waals surface area contributed by atoms with Gasteiger partial charge in [0.25, 0.3) is 5.91 Å². The molecule has 0 radical (unpaired) electrons. The van der Waals surface area contributed by atoms with Gasteiger partial charge >= 0.3 is 0 Å². The zero-order valence-corrected chi connectivity index (χ0v) is 17.6. The molecular weight excluding hydrogens is 384 g/mol. The van der Waals surface area contributed by atoms with E-state index in [2.05, 4.69) is 10.6 Å². The number of nitrogens with one attached hydrogen (secondary N) is 2. The number of amides is 2. The van der Waals surface area contributed by atoms with E-state index in [9.17, 15) is 9.59 Å². The Hall–Kier alpha value is -3.06. The molecule has 1 saturated heterocycles. The van der Waals surface area contributed by atoms with Gasteiger partial charge in [-0.1, -0.05) is 29.8 Å². The molecule has 1 atom stereocenters. The summed E-state index contributed by atoms with van der Waals surface area (Å²) in [7, 11) is 2.99. The summed E-state index contributed by atoms with van der Waals surface area (Å²) in [4.78, 5) is 25.4. The number of anilines is 1. The first-order valence-electron chi connectivity index (χ1n) is 10.00. The Balaban J connectivity index is 1.78. The van der Waals surface area contributed by atoms with Crippen molar-refractivity contribution in [1.82, 2.24) is 5.32 Å². The molecule has 7 nitrogen and oxygen atoms in total. The molecule has 0 saturated carbocycles. The van der Waals surface area contributed by atoms with E-state index in [-0.39, 0.29) is 17.7 Å². The first-order valence-corrected chi connectivity index (χ1v) is 10.00. The number of hydrogen-bond acceptors (Lipinski definition) is 5. The van der Waals surface area contributed by atoms with Gasteiger partial charge in [-0.25, -0.2) is 0 Å². The van der Waals surface area contributed by atoms with E-state index in [1.54, 1.807) is 12.1 Å². The lowest BCUT2D eigenvalue weighted by Gasteiger charge is -2.22. The van der Waals surface area contributed by atoms with Crippen LogP contribution in [0.1, 0.15) is 34.3 Å². The summed E-state index contributed by atoms with van der Waals surface area (Å²) in [5.41, 5.74) is 2.93. The molecule has 2 N–H and O–H groups in total. The van der Waals surface area contributed by atoms with Crippen molar-refractivity contribution < 1.29 is 23.8 Å². The SMILES string of the molecule is COc1cc(C(=O)NCc2ccc(C)cc2)cc(NC(=O)C2CCCOC2)c1OC. The monoisotopic (exact) mass is 412 g/mol. The molecule has 3 rings (SSSR count). The Kier molecular flexibility index (Phi) is 7.30. The first kappa shape index (κ1) is 21.6. The minimum Gasteiger partial charge on any atom is -0.493 e. The minimum absolute atomic E-state index is 0.160. The van der Waals surface area contributed by atoms with Gasteiger partial charge in [0, 0.05) is 18.7 Å². The van der Waals surface area contributed by atoms with Crippen molar-refractivity contribution in [3.63, 3.8) is 0 Å². The van der Waals surface area contributed by atoms with Gasteiger partial charge in [-0.3, -0.25) is 9.59 Å². The van der Waals surface area contributed by atoms with Crippen LogP contribution in [0.3, 0.4) is 0 Å². The van der Waals surface area contributed by atoms with Gasteiger partial charge in [-0.15, -0.1) is 0 Å². The molecule has 7 heteroatoms. The highest BCUT2D eigenvalue weighted by Crippen LogP contribution is 2.37. The zero-order valence-electron chi connectivity index (χ0n) is 17.6. The van der Waals surface area contributed by atoms with E-state index >= 15 is 0 Å². The van der Waals surface area contributed by atoms with E-state index in [1.165, 1.54) is 14.2 Å². The third-order valence-electron chi connectivity index (χ3n) is 5.10. The molecule has 0 spiro atoms. The number of hydrogen-bond donors (Lipinski definition) is 2. The van der Waals surface area contributed by atoms with E-state index in [4.69, 9.17) is 14.2 Å². The van der Waals surface area contributed by atoms with Gasteiger partial charge in [-0.2, -0.15) is 0 Å². The molecule has 2 aromatic rings. The van der Waals surface area contributed by atoms with Crippen molar-refractivity contribution in [3.8, 4) is 11.5 Å². The maximum Gasteiger partial charge on any atom is 0.251 e. The number of ether oxygens (including phenoxy) is 3. The van der Waals surface area contributed by atoms with E-state index < -0.39 is 0 Å². The number of methoxy groups -OCH3 is 2. The van der Waals surface area contributed by atoms with Crippen molar-refractivity contribution in [1.29, 1.82) is 0 Å². The smallest absolute Gasteiger partial charge is 0.251 e. The molecule has 1 aliphatic heterocycles. The van der Waals surface area contributed by atoms with E-state index in [0.717, 1.165) is 24.0 Å². The van der Waals surface area contributed by atoms with Crippen LogP contribution < -0.4 is 20.1 Å². The largest absolute Gasteiger partial charge is 0.493 e. The summed E-state index contributed by atoms with van der Waals surface area (Å²) < 4.78 is 16.2. The zero-order chi connectivity index (χ0) is 21.5. The molecule has 2 amide bonds. The van der Waals surface area contributed by atoms with Crippen LogP contribution in [0, 0.1) is 12.8 Å². The van der Waals surface area contributed by atoms with Crippen LogP contribution in [-0.2, 0) is 16.1 Å². The van der Waals surface area contributed by atoms with Crippen molar-refractivity contribution >= 4 is 17.5 Å². The van der Waals surface area contributed by atoms with Gasteiger partial charge < -0.3 is 24.8 Å². The fraction of sp³-hybridized carbons (Fsp3) is 0.391. The van der Waals surface area contributed by atoms with Crippen LogP contribution in [0.4, 0.5) is 5.69 Å². The second-order valence-electron chi connectivity index (χ2n) is 7.33. The standard InChI is InChI=1S/C23H28N2O5/c1-15-6-8-16(9-7-15)13-24-22(26)18-11-19(21(29-3)20(12-18)28-2)25-23(27)17-5-4-10-30-14-17/h6-9,11-12,17H,4-5,10,13-14H2,1-3H3,(H,24,26)(H,25,27). The maximum absolute atomic E-state index is 12.8. The highest BCUT2D eigenvalue weighted by molar-refractivity contribution is 6.00. The van der Waals surface area contributed by atoms with Crippen LogP contribution in [0.25, 0.3) is 0 Å². The molecule has 1 fully saturated rings. The Bertz CT molecular complexity index is 889. The second-order valence-corrected chi connectivity index (χ2v) is 7.33. The molecule has 160 valence electrons. The number of carbonyl (C=O) groups is 2. The quantitative estimate of drug-likeness (QED) is 0.729. The topological polar surface area (TPSA) is 85.9 Å². The molecular formula is C23H28N2O5. The van der Waals surface area contributed by atoms with Crippen LogP contribution in [0.5, 0.6) is 11.5 Å². The summed E-state index contributed by atoms with van der Waals surface area (Å²) in [6.45, 7) is 3.48. The molecule has 30 heavy (non-hydrogen) atoms. The van der Waals surface area contributed by atoms with Gasteiger partial charge in [0.05, 0.1) is 32.4 Å². The van der Waals surface area contributed by atoms with Gasteiger partial charge in [0.2, 0.25) is 5.91 Å². The van der Waals surface area contributed by atoms with Crippen molar-refractivity contribution in [2.75, 3.05) is 32.8 Å². The van der Waals surface area contributed by atoms with Crippen LogP contribution in [0.2, 0.25) is 0 Å². The lowest BCUT2D eigenvalue weighted by molar-refractivity contribution is -0.123. The molecule has 1 aliphatic rings. The summed E-state index contributed by atoms with van der Waals surface area (Å²) >= 11 is 0. The van der Waals surface area contributed by atoms with E-state index in [1.807, 2.05) is 31.2 Å². The number of aryl methyl sites for hydroxylation is 1. The van der Waals surface area contributed by atoms with Crippen LogP contribution in [-0.4, -0.2) is 39.2 Å². The number of carbonyl (C=O) groups excluding carboxylic acids is 2. The Morgan fingerprint density at radius 3 is 2.53 bits per heavy atom. The second kappa shape index (κ2) is 10.1. The van der Waals surface area contributed by atoms with E-state index in [0.29, 0.717) is 42.5 Å². The van der Waals surface area contributed by atoms with Crippen molar-refractivity contribution in [2.24, 2.45) is 5.92 Å². The summed E-state index contributed by atoms with van der Waals surface area (Å²) in [5, 5.41) is 5.78. The summed E-state index contributed by atoms with van der Waals surface area (Å²) in [6.07, 6.45) is 1.61. The Morgan fingerprint density at radius 2 is 1.90 bits per heavy atom. The third kappa shape index (κ3) is 5.30. The predicted octanol–water partition coefficient (Wildman–Crippen LogP) is 3.31. The van der Waals surface area contributed by atoms with Gasteiger partial charge in [-0.05, 0) is 37.5 Å². The number of rotatable bonds is 7. The van der Waals surface area contributed by atoms with Crippen LogP contribution in [0.15, 0.2) is 36.4 Å². The molecule has 2 aromatic carbocycles. The fourth-order valence-corrected chi connectivity index (χ4v) is 3.36. The Morgan fingerprint density at radius 1 is 1.13 bits per heavy atom. The Labute approximate surface area is 176 Å². The van der Waals surface area contributed by atoms with Gasteiger partial charge in [0.15, 0.2) is 11.5 Å². The predicted molar refractivity (Wildman–Crippen MR) is 114 cm³/mol. The average Bonchev–Trinajstić information content (AvgIpc) is 2.78. The number of benzene rings is 2. The molecule has 0 aromatic heterocycles. The van der Waals surface area contributed by atoms with Crippen molar-refractivity contribution in [2.45, 2.75) is 26.3 Å². The highest BCUT2D eigenvalue weighted by atomic mass is 16.5. The summed E-state index contributed by atoms with van der Waals surface area (Å²) in [5.74, 6) is 0.0853. The minimum atomic E-state index is -0.270. The fourth-order valence-electron chi connectivity index (χ4n) is 3.36.